The Morgan fingerprint density at radius 3 is 3.06 bits per heavy atom. The average Bonchev–Trinajstić information content (AvgIpc) is 2.65. The lowest BCUT2D eigenvalue weighted by Gasteiger charge is -2.42. The molecular formula is C11H18N2O4S. The molecule has 2 aliphatic rings. The number of nitrogens with zero attached hydrogens (tertiary/aromatic N) is 1. The number of β-lactam (4-membered cyclic amide) rings is 1. The van der Waals surface area contributed by atoms with Crippen molar-refractivity contribution < 1.29 is 19.4 Å². The van der Waals surface area contributed by atoms with Gasteiger partial charge in [-0.05, 0) is 14.0 Å². The maximum Gasteiger partial charge on any atom is 0.319 e. The van der Waals surface area contributed by atoms with Crippen LogP contribution in [0.5, 0.6) is 0 Å². The number of amides is 1. The average molecular weight is 274 g/mol. The molecule has 0 saturated carbocycles. The second-order valence-electron chi connectivity index (χ2n) is 4.62. The van der Waals surface area contributed by atoms with Crippen molar-refractivity contribution >= 4 is 23.6 Å². The number of thioether (sulfide) groups is 1. The third kappa shape index (κ3) is 2.48. The number of hydrogen-bond acceptors (Lipinski definition) is 6. The fourth-order valence-electron chi connectivity index (χ4n) is 2.28. The molecule has 7 heteroatoms. The van der Waals surface area contributed by atoms with Crippen LogP contribution in [0.2, 0.25) is 0 Å². The molecule has 2 rings (SSSR count). The highest BCUT2D eigenvalue weighted by Crippen LogP contribution is 2.45. The summed E-state index contributed by atoms with van der Waals surface area (Å²) < 4.78 is 5.10. The number of rotatable bonds is 5. The summed E-state index contributed by atoms with van der Waals surface area (Å²) in [5, 5.41) is 12.4. The van der Waals surface area contributed by atoms with E-state index >= 15 is 0 Å². The van der Waals surface area contributed by atoms with Crippen molar-refractivity contribution in [3.63, 3.8) is 0 Å². The molecule has 0 aromatic heterocycles. The Morgan fingerprint density at radius 1 is 1.72 bits per heavy atom. The van der Waals surface area contributed by atoms with Crippen LogP contribution in [0, 0.1) is 5.92 Å². The SMILES string of the molecule is CNCC(=O)OCC1CN2C(=O)[C@H]([C@@H](C)O)[C@H]2S1. The van der Waals surface area contributed by atoms with Crippen LogP contribution in [0.1, 0.15) is 6.92 Å². The molecule has 1 amide bonds. The fourth-order valence-corrected chi connectivity index (χ4v) is 3.92. The van der Waals surface area contributed by atoms with Gasteiger partial charge in [-0.1, -0.05) is 0 Å². The highest BCUT2D eigenvalue weighted by atomic mass is 32.2. The van der Waals surface area contributed by atoms with Gasteiger partial charge in [-0.25, -0.2) is 0 Å². The van der Waals surface area contributed by atoms with Gasteiger partial charge in [0, 0.05) is 6.54 Å². The Morgan fingerprint density at radius 2 is 2.44 bits per heavy atom. The van der Waals surface area contributed by atoms with Crippen LogP contribution in [0.3, 0.4) is 0 Å². The maximum absolute atomic E-state index is 11.7. The summed E-state index contributed by atoms with van der Waals surface area (Å²) in [5.74, 6) is -0.578. The Hall–Kier alpha value is -0.790. The first-order valence-electron chi connectivity index (χ1n) is 5.98. The molecule has 6 nitrogen and oxygen atoms in total. The van der Waals surface area contributed by atoms with Crippen LogP contribution in [0.25, 0.3) is 0 Å². The number of fused-ring (bicyclic) bond motifs is 1. The number of ether oxygens (including phenoxy) is 1. The molecule has 0 bridgehead atoms. The lowest BCUT2D eigenvalue weighted by molar-refractivity contribution is -0.155. The van der Waals surface area contributed by atoms with Gasteiger partial charge in [0.15, 0.2) is 0 Å². The van der Waals surface area contributed by atoms with E-state index in [0.717, 1.165) is 0 Å². The van der Waals surface area contributed by atoms with Crippen LogP contribution in [-0.2, 0) is 14.3 Å². The van der Waals surface area contributed by atoms with E-state index in [1.165, 1.54) is 0 Å². The van der Waals surface area contributed by atoms with E-state index in [0.29, 0.717) is 13.2 Å². The molecule has 0 aromatic carbocycles. The number of likely N-dealkylation sites (N-methyl/N-ethyl adjacent to an activating group) is 1. The van der Waals surface area contributed by atoms with Gasteiger partial charge >= 0.3 is 5.97 Å². The second-order valence-corrected chi connectivity index (χ2v) is 6.04. The molecule has 18 heavy (non-hydrogen) atoms. The third-order valence-electron chi connectivity index (χ3n) is 3.19. The van der Waals surface area contributed by atoms with Gasteiger partial charge in [-0.3, -0.25) is 9.59 Å². The van der Waals surface area contributed by atoms with Crippen molar-refractivity contribution in [1.29, 1.82) is 0 Å². The summed E-state index contributed by atoms with van der Waals surface area (Å²) in [7, 11) is 1.68. The number of aliphatic hydroxyl groups excluding tert-OH is 1. The van der Waals surface area contributed by atoms with Gasteiger partial charge in [0.2, 0.25) is 5.91 Å². The maximum atomic E-state index is 11.7. The Bertz CT molecular complexity index is 350. The number of esters is 1. The molecule has 4 atom stereocenters. The predicted molar refractivity (Wildman–Crippen MR) is 66.9 cm³/mol. The Kier molecular flexibility index (Phi) is 4.14. The zero-order valence-corrected chi connectivity index (χ0v) is 11.3. The van der Waals surface area contributed by atoms with Crippen LogP contribution in [-0.4, -0.2) is 65.4 Å². The number of carbonyl (C=O) groups is 2. The van der Waals surface area contributed by atoms with E-state index in [2.05, 4.69) is 5.32 Å². The standard InChI is InChI=1S/C11H18N2O4S/c1-6(14)9-10(16)13-4-7(18-11(9)13)5-17-8(15)3-12-2/h6-7,9,11-12,14H,3-5H2,1-2H3/t6-,7?,9+,11-/m1/s1. The Labute approximate surface area is 110 Å². The molecule has 0 spiro atoms. The van der Waals surface area contributed by atoms with E-state index in [9.17, 15) is 14.7 Å². The molecule has 2 fully saturated rings. The first kappa shape index (κ1) is 13.6. The topological polar surface area (TPSA) is 78.9 Å². The first-order chi connectivity index (χ1) is 8.54. The van der Waals surface area contributed by atoms with E-state index in [1.807, 2.05) is 0 Å². The molecule has 2 heterocycles. The zero-order chi connectivity index (χ0) is 13.3. The lowest BCUT2D eigenvalue weighted by atomic mass is 9.93. The summed E-state index contributed by atoms with van der Waals surface area (Å²) >= 11 is 1.61. The van der Waals surface area contributed by atoms with Crippen molar-refractivity contribution in [3.8, 4) is 0 Å². The minimum atomic E-state index is -0.614. The van der Waals surface area contributed by atoms with Crippen LogP contribution >= 0.6 is 11.8 Å². The monoisotopic (exact) mass is 274 g/mol. The van der Waals surface area contributed by atoms with Crippen LogP contribution in [0.15, 0.2) is 0 Å². The molecule has 0 radical (unpaired) electrons. The summed E-state index contributed by atoms with van der Waals surface area (Å²) in [6, 6.07) is 0. The third-order valence-corrected chi connectivity index (χ3v) is 4.68. The fraction of sp³-hybridized carbons (Fsp3) is 0.818. The molecule has 2 N–H and O–H groups in total. The lowest BCUT2D eigenvalue weighted by Crippen LogP contribution is -2.60. The van der Waals surface area contributed by atoms with E-state index in [1.54, 1.807) is 30.6 Å². The van der Waals surface area contributed by atoms with Crippen molar-refractivity contribution in [3.05, 3.63) is 0 Å². The van der Waals surface area contributed by atoms with Crippen molar-refractivity contribution in [2.75, 3.05) is 26.7 Å². The van der Waals surface area contributed by atoms with Crippen LogP contribution in [0.4, 0.5) is 0 Å². The highest BCUT2D eigenvalue weighted by molar-refractivity contribution is 8.00. The largest absolute Gasteiger partial charge is 0.463 e. The summed E-state index contributed by atoms with van der Waals surface area (Å²) in [6.45, 7) is 2.75. The quantitative estimate of drug-likeness (QED) is 0.496. The van der Waals surface area contributed by atoms with E-state index in [-0.39, 0.29) is 35.0 Å². The summed E-state index contributed by atoms with van der Waals surface area (Å²) in [6.07, 6.45) is -0.614. The van der Waals surface area contributed by atoms with E-state index in [4.69, 9.17) is 4.74 Å². The van der Waals surface area contributed by atoms with Crippen molar-refractivity contribution in [1.82, 2.24) is 10.2 Å². The molecule has 0 aliphatic carbocycles. The summed E-state index contributed by atoms with van der Waals surface area (Å²) in [4.78, 5) is 24.7. The number of nitrogens with one attached hydrogen (secondary N) is 1. The molecule has 2 saturated heterocycles. The van der Waals surface area contributed by atoms with Gasteiger partial charge in [0.05, 0.1) is 29.2 Å². The molecule has 2 aliphatic heterocycles. The smallest absolute Gasteiger partial charge is 0.319 e. The van der Waals surface area contributed by atoms with Crippen molar-refractivity contribution in [2.45, 2.75) is 23.7 Å². The second kappa shape index (κ2) is 5.46. The van der Waals surface area contributed by atoms with Gasteiger partial charge in [-0.2, -0.15) is 0 Å². The van der Waals surface area contributed by atoms with Gasteiger partial charge in [0.1, 0.15) is 6.61 Å². The highest BCUT2D eigenvalue weighted by Gasteiger charge is 2.55. The normalized spacial score (nSPS) is 31.8. The molecule has 0 aromatic rings. The number of hydrogen-bond donors (Lipinski definition) is 2. The first-order valence-corrected chi connectivity index (χ1v) is 6.93. The summed E-state index contributed by atoms with van der Waals surface area (Å²) in [5.41, 5.74) is 0. The molecular weight excluding hydrogens is 256 g/mol. The Balaban J connectivity index is 1.79. The van der Waals surface area contributed by atoms with Gasteiger partial charge in [0.25, 0.3) is 0 Å². The minimum Gasteiger partial charge on any atom is -0.463 e. The van der Waals surface area contributed by atoms with E-state index < -0.39 is 6.10 Å². The van der Waals surface area contributed by atoms with Gasteiger partial charge in [-0.15, -0.1) is 11.8 Å². The predicted octanol–water partition coefficient (Wildman–Crippen LogP) is -0.970. The molecule has 102 valence electrons. The molecule has 1 unspecified atom stereocenters. The van der Waals surface area contributed by atoms with Gasteiger partial charge < -0.3 is 20.1 Å². The minimum absolute atomic E-state index is 0.00607. The zero-order valence-electron chi connectivity index (χ0n) is 10.5. The van der Waals surface area contributed by atoms with Crippen molar-refractivity contribution in [2.24, 2.45) is 5.92 Å². The van der Waals surface area contributed by atoms with Crippen LogP contribution < -0.4 is 5.32 Å². The number of aliphatic hydroxyl groups is 1. The number of carbonyl (C=O) groups excluding carboxylic acids is 2.